The maximum Gasteiger partial charge on any atom is 0.328 e. The summed E-state index contributed by atoms with van der Waals surface area (Å²) in [5, 5.41) is 2.64. The molecular formula is C10H19ClN2O3. The van der Waals surface area contributed by atoms with Gasteiger partial charge in [-0.25, -0.2) is 4.79 Å². The summed E-state index contributed by atoms with van der Waals surface area (Å²) in [5.74, 6) is -0.431. The summed E-state index contributed by atoms with van der Waals surface area (Å²) in [6.07, 6.45) is 2.48. The Morgan fingerprint density at radius 2 is 2.06 bits per heavy atom. The molecule has 0 bridgehead atoms. The van der Waals surface area contributed by atoms with Crippen LogP contribution in [0, 0.1) is 5.92 Å². The zero-order valence-electron chi connectivity index (χ0n) is 9.56. The van der Waals surface area contributed by atoms with Gasteiger partial charge in [0.05, 0.1) is 13.2 Å². The molecule has 3 N–H and O–H groups in total. The second kappa shape index (κ2) is 6.70. The summed E-state index contributed by atoms with van der Waals surface area (Å²) in [5.41, 5.74) is 5.56. The zero-order chi connectivity index (χ0) is 11.4. The number of nitrogens with one attached hydrogen (secondary N) is 1. The number of hydrogen-bond acceptors (Lipinski definition) is 4. The zero-order valence-corrected chi connectivity index (χ0v) is 10.4. The Bertz CT molecular complexity index is 256. The van der Waals surface area contributed by atoms with Crippen molar-refractivity contribution >= 4 is 24.3 Å². The van der Waals surface area contributed by atoms with Crippen molar-refractivity contribution in [3.63, 3.8) is 0 Å². The highest BCUT2D eigenvalue weighted by molar-refractivity contribution is 5.87. The van der Waals surface area contributed by atoms with Gasteiger partial charge in [0.2, 0.25) is 5.91 Å². The normalized spacial score (nSPS) is 17.9. The quantitative estimate of drug-likeness (QED) is 0.684. The first-order valence-corrected chi connectivity index (χ1v) is 5.24. The van der Waals surface area contributed by atoms with Crippen molar-refractivity contribution in [2.75, 3.05) is 7.11 Å². The lowest BCUT2D eigenvalue weighted by Gasteiger charge is -2.17. The Kier molecular flexibility index (Phi) is 6.36. The number of amides is 1. The number of carbonyl (C=O) groups is 2. The van der Waals surface area contributed by atoms with Crippen LogP contribution in [0.4, 0.5) is 0 Å². The second-order valence-electron chi connectivity index (χ2n) is 3.86. The molecule has 1 aliphatic rings. The van der Waals surface area contributed by atoms with Crippen molar-refractivity contribution in [1.29, 1.82) is 0 Å². The molecule has 1 aliphatic carbocycles. The largest absolute Gasteiger partial charge is 0.467 e. The summed E-state index contributed by atoms with van der Waals surface area (Å²) in [6, 6.07) is -1.06. The molecule has 0 aliphatic heterocycles. The lowest BCUT2D eigenvalue weighted by Crippen LogP contribution is -2.49. The van der Waals surface area contributed by atoms with Crippen LogP contribution in [0.15, 0.2) is 0 Å². The van der Waals surface area contributed by atoms with Gasteiger partial charge in [-0.1, -0.05) is 6.92 Å². The predicted molar refractivity (Wildman–Crippen MR) is 62.2 cm³/mol. The fourth-order valence-corrected chi connectivity index (χ4v) is 1.37. The highest BCUT2D eigenvalue weighted by Crippen LogP contribution is 2.33. The Balaban J connectivity index is 0.00000225. The smallest absolute Gasteiger partial charge is 0.328 e. The molecule has 0 aromatic rings. The van der Waals surface area contributed by atoms with E-state index in [-0.39, 0.29) is 30.2 Å². The van der Waals surface area contributed by atoms with Crippen LogP contribution in [0.3, 0.4) is 0 Å². The molecule has 0 aromatic carbocycles. The Morgan fingerprint density at radius 1 is 1.50 bits per heavy atom. The van der Waals surface area contributed by atoms with Gasteiger partial charge in [0.1, 0.15) is 6.04 Å². The van der Waals surface area contributed by atoms with E-state index in [1.54, 1.807) is 0 Å². The maximum atomic E-state index is 11.5. The maximum absolute atomic E-state index is 11.5. The summed E-state index contributed by atoms with van der Waals surface area (Å²) < 4.78 is 4.63. The van der Waals surface area contributed by atoms with Crippen LogP contribution in [0.5, 0.6) is 0 Å². The Labute approximate surface area is 101 Å². The van der Waals surface area contributed by atoms with Gasteiger partial charge >= 0.3 is 5.97 Å². The SMILES string of the molecule is CCC(N)C(=O)NC(C(=O)OC)C1CC1.Cl. The van der Waals surface area contributed by atoms with Crippen LogP contribution in [0.1, 0.15) is 26.2 Å². The molecular weight excluding hydrogens is 232 g/mol. The first-order valence-electron chi connectivity index (χ1n) is 5.24. The van der Waals surface area contributed by atoms with Gasteiger partial charge in [0.25, 0.3) is 0 Å². The molecule has 0 aromatic heterocycles. The Morgan fingerprint density at radius 3 is 2.44 bits per heavy atom. The monoisotopic (exact) mass is 250 g/mol. The molecule has 16 heavy (non-hydrogen) atoms. The van der Waals surface area contributed by atoms with Gasteiger partial charge in [0, 0.05) is 0 Å². The first kappa shape index (κ1) is 15.2. The molecule has 2 unspecified atom stereocenters. The topological polar surface area (TPSA) is 81.4 Å². The first-order chi connectivity index (χ1) is 7.10. The average Bonchev–Trinajstić information content (AvgIpc) is 3.07. The fraction of sp³-hybridized carbons (Fsp3) is 0.800. The number of rotatable bonds is 5. The van der Waals surface area contributed by atoms with Crippen LogP contribution in [-0.2, 0) is 14.3 Å². The third kappa shape index (κ3) is 3.98. The molecule has 0 spiro atoms. The van der Waals surface area contributed by atoms with Crippen molar-refractivity contribution in [3.8, 4) is 0 Å². The number of methoxy groups -OCH3 is 1. The van der Waals surface area contributed by atoms with Crippen LogP contribution in [0.25, 0.3) is 0 Å². The van der Waals surface area contributed by atoms with Crippen molar-refractivity contribution in [1.82, 2.24) is 5.32 Å². The minimum absolute atomic E-state index is 0. The van der Waals surface area contributed by atoms with Crippen molar-refractivity contribution in [2.24, 2.45) is 11.7 Å². The van der Waals surface area contributed by atoms with E-state index in [1.165, 1.54) is 7.11 Å². The summed E-state index contributed by atoms with van der Waals surface area (Å²) in [4.78, 5) is 22.9. The third-order valence-corrected chi connectivity index (χ3v) is 2.62. The van der Waals surface area contributed by atoms with E-state index in [0.29, 0.717) is 6.42 Å². The Hall–Kier alpha value is -0.810. The molecule has 94 valence electrons. The van der Waals surface area contributed by atoms with Crippen molar-refractivity contribution in [2.45, 2.75) is 38.3 Å². The molecule has 0 heterocycles. The molecule has 1 saturated carbocycles. The van der Waals surface area contributed by atoms with Crippen LogP contribution >= 0.6 is 12.4 Å². The van der Waals surface area contributed by atoms with E-state index >= 15 is 0 Å². The fourth-order valence-electron chi connectivity index (χ4n) is 1.37. The van der Waals surface area contributed by atoms with Crippen LogP contribution in [0.2, 0.25) is 0 Å². The lowest BCUT2D eigenvalue weighted by atomic mass is 10.1. The number of carbonyl (C=O) groups excluding carboxylic acids is 2. The minimum atomic E-state index is -0.545. The molecule has 1 fully saturated rings. The standard InChI is InChI=1S/C10H18N2O3.ClH/c1-3-7(11)9(13)12-8(6-4-5-6)10(14)15-2;/h6-8H,3-5,11H2,1-2H3,(H,12,13);1H. The lowest BCUT2D eigenvalue weighted by molar-refractivity contribution is -0.145. The van der Waals surface area contributed by atoms with Gasteiger partial charge in [-0.3, -0.25) is 4.79 Å². The summed E-state index contributed by atoms with van der Waals surface area (Å²) in [7, 11) is 1.32. The average molecular weight is 251 g/mol. The molecule has 5 nitrogen and oxygen atoms in total. The summed E-state index contributed by atoms with van der Waals surface area (Å²) in [6.45, 7) is 1.83. The van der Waals surface area contributed by atoms with E-state index in [4.69, 9.17) is 5.73 Å². The van der Waals surface area contributed by atoms with E-state index < -0.39 is 12.1 Å². The van der Waals surface area contributed by atoms with E-state index in [0.717, 1.165) is 12.8 Å². The molecule has 6 heteroatoms. The molecule has 0 saturated heterocycles. The van der Waals surface area contributed by atoms with Gasteiger partial charge in [-0.05, 0) is 25.2 Å². The van der Waals surface area contributed by atoms with Gasteiger partial charge in [-0.2, -0.15) is 0 Å². The van der Waals surface area contributed by atoms with E-state index in [9.17, 15) is 9.59 Å². The molecule has 1 amide bonds. The van der Waals surface area contributed by atoms with Gasteiger partial charge in [0.15, 0.2) is 0 Å². The van der Waals surface area contributed by atoms with Gasteiger partial charge < -0.3 is 15.8 Å². The summed E-state index contributed by atoms with van der Waals surface area (Å²) >= 11 is 0. The number of hydrogen-bond donors (Lipinski definition) is 2. The number of esters is 1. The predicted octanol–water partition coefficient (Wildman–Crippen LogP) is 0.213. The second-order valence-corrected chi connectivity index (χ2v) is 3.86. The van der Waals surface area contributed by atoms with Crippen LogP contribution in [-0.4, -0.2) is 31.1 Å². The number of ether oxygens (including phenoxy) is 1. The minimum Gasteiger partial charge on any atom is -0.467 e. The molecule has 0 radical (unpaired) electrons. The van der Waals surface area contributed by atoms with Gasteiger partial charge in [-0.15, -0.1) is 12.4 Å². The van der Waals surface area contributed by atoms with Crippen LogP contribution < -0.4 is 11.1 Å². The number of halogens is 1. The third-order valence-electron chi connectivity index (χ3n) is 2.62. The van der Waals surface area contributed by atoms with Crippen molar-refractivity contribution < 1.29 is 14.3 Å². The highest BCUT2D eigenvalue weighted by atomic mass is 35.5. The van der Waals surface area contributed by atoms with Crippen molar-refractivity contribution in [3.05, 3.63) is 0 Å². The molecule has 1 rings (SSSR count). The highest BCUT2D eigenvalue weighted by Gasteiger charge is 2.38. The van der Waals surface area contributed by atoms with E-state index in [1.807, 2.05) is 6.92 Å². The van der Waals surface area contributed by atoms with E-state index in [2.05, 4.69) is 10.1 Å². The molecule has 2 atom stereocenters. The number of nitrogens with two attached hydrogens (primary N) is 1.